The molecule has 2 rings (SSSR count). The number of likely N-dealkylation sites (tertiary alicyclic amines) is 2. The maximum atomic E-state index is 11.2. The van der Waals surface area contributed by atoms with Crippen molar-refractivity contribution in [3.63, 3.8) is 0 Å². The first kappa shape index (κ1) is 14.8. The normalized spacial score (nSPS) is 34.3. The number of hydrogen-bond acceptors (Lipinski definition) is 3. The van der Waals surface area contributed by atoms with Gasteiger partial charge in [0.05, 0.1) is 5.92 Å². The lowest BCUT2D eigenvalue weighted by Gasteiger charge is -2.27. The molecule has 0 aliphatic carbocycles. The zero-order valence-corrected chi connectivity index (χ0v) is 12.3. The van der Waals surface area contributed by atoms with Crippen LogP contribution in [-0.2, 0) is 4.79 Å². The summed E-state index contributed by atoms with van der Waals surface area (Å²) in [5.74, 6) is -0.473. The van der Waals surface area contributed by atoms with Gasteiger partial charge in [-0.3, -0.25) is 9.69 Å². The van der Waals surface area contributed by atoms with Gasteiger partial charge in [0.25, 0.3) is 0 Å². The lowest BCUT2D eigenvalue weighted by Crippen LogP contribution is -2.35. The molecule has 0 aromatic rings. The summed E-state index contributed by atoms with van der Waals surface area (Å²) in [6.45, 7) is 9.66. The van der Waals surface area contributed by atoms with Crippen molar-refractivity contribution in [2.75, 3.05) is 32.7 Å². The van der Waals surface area contributed by atoms with Crippen LogP contribution < -0.4 is 0 Å². The van der Waals surface area contributed by atoms with E-state index in [1.165, 1.54) is 45.3 Å². The van der Waals surface area contributed by atoms with E-state index >= 15 is 0 Å². The topological polar surface area (TPSA) is 43.8 Å². The van der Waals surface area contributed by atoms with E-state index in [-0.39, 0.29) is 5.92 Å². The summed E-state index contributed by atoms with van der Waals surface area (Å²) in [7, 11) is 0. The van der Waals surface area contributed by atoms with Crippen molar-refractivity contribution in [3.8, 4) is 0 Å². The molecule has 0 radical (unpaired) electrons. The average molecular weight is 268 g/mol. The Morgan fingerprint density at radius 1 is 1.26 bits per heavy atom. The summed E-state index contributed by atoms with van der Waals surface area (Å²) in [6, 6.07) is 0.605. The number of carbonyl (C=O) groups is 1. The molecule has 3 atom stereocenters. The Kier molecular flexibility index (Phi) is 5.22. The molecule has 0 bridgehead atoms. The van der Waals surface area contributed by atoms with E-state index in [0.717, 1.165) is 13.1 Å². The summed E-state index contributed by atoms with van der Waals surface area (Å²) < 4.78 is 0. The minimum Gasteiger partial charge on any atom is -0.481 e. The maximum absolute atomic E-state index is 11.2. The van der Waals surface area contributed by atoms with Gasteiger partial charge in [0.15, 0.2) is 0 Å². The third kappa shape index (κ3) is 3.69. The number of nitrogens with zero attached hydrogens (tertiary/aromatic N) is 2. The Balaban J connectivity index is 1.87. The quantitative estimate of drug-likeness (QED) is 0.846. The van der Waals surface area contributed by atoms with Crippen LogP contribution in [0.15, 0.2) is 0 Å². The van der Waals surface area contributed by atoms with Crippen molar-refractivity contribution in [2.24, 2.45) is 11.8 Å². The number of rotatable bonds is 4. The first-order chi connectivity index (χ1) is 9.11. The Hall–Kier alpha value is -0.610. The van der Waals surface area contributed by atoms with Gasteiger partial charge >= 0.3 is 5.97 Å². The van der Waals surface area contributed by atoms with Crippen LogP contribution in [0.2, 0.25) is 0 Å². The van der Waals surface area contributed by atoms with Crippen LogP contribution in [0.25, 0.3) is 0 Å². The Morgan fingerprint density at radius 3 is 2.68 bits per heavy atom. The highest BCUT2D eigenvalue weighted by atomic mass is 16.4. The van der Waals surface area contributed by atoms with Gasteiger partial charge in [0.2, 0.25) is 0 Å². The van der Waals surface area contributed by atoms with Crippen molar-refractivity contribution in [1.82, 2.24) is 9.80 Å². The van der Waals surface area contributed by atoms with Gasteiger partial charge < -0.3 is 10.0 Å². The van der Waals surface area contributed by atoms with E-state index in [0.29, 0.717) is 12.0 Å². The van der Waals surface area contributed by atoms with Crippen LogP contribution in [0.1, 0.15) is 39.5 Å². The zero-order chi connectivity index (χ0) is 13.8. The first-order valence-corrected chi connectivity index (χ1v) is 7.81. The monoisotopic (exact) mass is 268 g/mol. The number of aliphatic carboxylic acids is 1. The third-order valence-electron chi connectivity index (χ3n) is 4.80. The highest BCUT2D eigenvalue weighted by molar-refractivity contribution is 5.71. The lowest BCUT2D eigenvalue weighted by atomic mass is 9.99. The predicted octanol–water partition coefficient (Wildman–Crippen LogP) is 1.90. The molecule has 2 aliphatic rings. The Labute approximate surface area is 116 Å². The van der Waals surface area contributed by atoms with Crippen LogP contribution in [0.5, 0.6) is 0 Å². The molecule has 4 nitrogen and oxygen atoms in total. The fourth-order valence-electron chi connectivity index (χ4n) is 3.67. The number of hydrogen-bond donors (Lipinski definition) is 1. The molecular formula is C15H28N2O2. The van der Waals surface area contributed by atoms with E-state index in [2.05, 4.69) is 23.6 Å². The molecule has 0 amide bonds. The maximum Gasteiger partial charge on any atom is 0.308 e. The minimum absolute atomic E-state index is 0.157. The minimum atomic E-state index is -0.615. The van der Waals surface area contributed by atoms with Gasteiger partial charge in [-0.25, -0.2) is 0 Å². The summed E-state index contributed by atoms with van der Waals surface area (Å²) in [5, 5.41) is 9.23. The zero-order valence-electron chi connectivity index (χ0n) is 12.3. The van der Waals surface area contributed by atoms with Crippen molar-refractivity contribution < 1.29 is 9.90 Å². The molecule has 2 fully saturated rings. The van der Waals surface area contributed by atoms with E-state index in [4.69, 9.17) is 0 Å². The second-order valence-electron chi connectivity index (χ2n) is 6.30. The standard InChI is InChI=1S/C15H28N2O2/c1-3-7-16-8-4-5-13(6-9-16)17-10-12(2)14(11-17)15(18)19/h12-14H,3-11H2,1-2H3,(H,18,19). The molecule has 3 unspecified atom stereocenters. The van der Waals surface area contributed by atoms with Crippen LogP contribution in [0.4, 0.5) is 0 Å². The molecule has 0 aromatic heterocycles. The van der Waals surface area contributed by atoms with E-state index < -0.39 is 5.97 Å². The molecule has 19 heavy (non-hydrogen) atoms. The van der Waals surface area contributed by atoms with Gasteiger partial charge in [-0.2, -0.15) is 0 Å². The molecule has 2 heterocycles. The van der Waals surface area contributed by atoms with E-state index in [1.54, 1.807) is 0 Å². The van der Waals surface area contributed by atoms with Crippen molar-refractivity contribution in [3.05, 3.63) is 0 Å². The molecular weight excluding hydrogens is 240 g/mol. The van der Waals surface area contributed by atoms with Crippen molar-refractivity contribution in [1.29, 1.82) is 0 Å². The molecule has 0 aromatic carbocycles. The van der Waals surface area contributed by atoms with Gasteiger partial charge in [0, 0.05) is 19.1 Å². The molecule has 2 aliphatic heterocycles. The van der Waals surface area contributed by atoms with E-state index in [1.807, 2.05) is 0 Å². The van der Waals surface area contributed by atoms with Crippen LogP contribution in [0.3, 0.4) is 0 Å². The molecule has 2 saturated heterocycles. The summed E-state index contributed by atoms with van der Waals surface area (Å²) >= 11 is 0. The first-order valence-electron chi connectivity index (χ1n) is 7.81. The van der Waals surface area contributed by atoms with Gasteiger partial charge in [0.1, 0.15) is 0 Å². The molecule has 4 heteroatoms. The Bertz CT molecular complexity index is 309. The SMILES string of the molecule is CCCN1CCCC(N2CC(C)C(C(=O)O)C2)CC1. The summed E-state index contributed by atoms with van der Waals surface area (Å²) in [4.78, 5) is 16.2. The predicted molar refractivity (Wildman–Crippen MR) is 76.2 cm³/mol. The highest BCUT2D eigenvalue weighted by Gasteiger charge is 2.37. The molecule has 110 valence electrons. The van der Waals surface area contributed by atoms with E-state index in [9.17, 15) is 9.90 Å². The smallest absolute Gasteiger partial charge is 0.308 e. The summed E-state index contributed by atoms with van der Waals surface area (Å²) in [5.41, 5.74) is 0. The van der Waals surface area contributed by atoms with Crippen LogP contribution in [0, 0.1) is 11.8 Å². The van der Waals surface area contributed by atoms with Crippen LogP contribution in [-0.4, -0.2) is 59.6 Å². The van der Waals surface area contributed by atoms with Gasteiger partial charge in [-0.05, 0) is 51.2 Å². The number of carboxylic acid groups (broad SMARTS) is 1. The third-order valence-corrected chi connectivity index (χ3v) is 4.80. The molecule has 0 saturated carbocycles. The number of carboxylic acids is 1. The van der Waals surface area contributed by atoms with Crippen LogP contribution >= 0.6 is 0 Å². The fraction of sp³-hybridized carbons (Fsp3) is 0.933. The lowest BCUT2D eigenvalue weighted by molar-refractivity contribution is -0.142. The highest BCUT2D eigenvalue weighted by Crippen LogP contribution is 2.28. The summed E-state index contributed by atoms with van der Waals surface area (Å²) in [6.07, 6.45) is 4.93. The average Bonchev–Trinajstić information content (AvgIpc) is 2.60. The van der Waals surface area contributed by atoms with Gasteiger partial charge in [-0.15, -0.1) is 0 Å². The van der Waals surface area contributed by atoms with Crippen molar-refractivity contribution in [2.45, 2.75) is 45.6 Å². The Morgan fingerprint density at radius 2 is 2.05 bits per heavy atom. The van der Waals surface area contributed by atoms with Crippen molar-refractivity contribution >= 4 is 5.97 Å². The second kappa shape index (κ2) is 6.71. The van der Waals surface area contributed by atoms with Gasteiger partial charge in [-0.1, -0.05) is 13.8 Å². The molecule has 0 spiro atoms. The second-order valence-corrected chi connectivity index (χ2v) is 6.30. The molecule has 1 N–H and O–H groups in total. The largest absolute Gasteiger partial charge is 0.481 e. The fourth-order valence-corrected chi connectivity index (χ4v) is 3.67.